The second kappa shape index (κ2) is 2.62. The molecule has 0 radical (unpaired) electrons. The van der Waals surface area contributed by atoms with Gasteiger partial charge < -0.3 is 4.79 Å². The van der Waals surface area contributed by atoms with Crippen LogP contribution in [0.15, 0.2) is 23.8 Å². The summed E-state index contributed by atoms with van der Waals surface area (Å²) in [5.41, 5.74) is 1.26. The highest BCUT2D eigenvalue weighted by Crippen LogP contribution is 2.12. The minimum Gasteiger partial charge on any atom is -0.303 e. The maximum atomic E-state index is 10.2. The Hall–Kier alpha value is -0.850. The van der Waals surface area contributed by atoms with Gasteiger partial charge in [-0.25, -0.2) is 0 Å². The molecular weight excluding hydrogens is 112 g/mol. The Kier molecular flexibility index (Phi) is 1.83. The molecule has 0 aromatic heterocycles. The second-order valence-corrected chi connectivity index (χ2v) is 2.34. The molecule has 0 aromatic rings. The summed E-state index contributed by atoms with van der Waals surface area (Å²) in [7, 11) is 0. The maximum Gasteiger partial charge on any atom is 0.127 e. The van der Waals surface area contributed by atoms with E-state index in [0.29, 0.717) is 0 Å². The maximum absolute atomic E-state index is 10.2. The largest absolute Gasteiger partial charge is 0.303 e. The monoisotopic (exact) mass is 122 g/mol. The fourth-order valence-corrected chi connectivity index (χ4v) is 0.845. The summed E-state index contributed by atoms with van der Waals surface area (Å²) in [6.45, 7) is 2.04. The molecule has 1 nitrogen and oxygen atoms in total. The molecule has 0 spiro atoms. The third kappa shape index (κ3) is 1.53. The fourth-order valence-electron chi connectivity index (χ4n) is 0.845. The molecule has 0 saturated carbocycles. The summed E-state index contributed by atoms with van der Waals surface area (Å²) in [4.78, 5) is 10.2. The van der Waals surface area contributed by atoms with Gasteiger partial charge in [-0.05, 0) is 13.3 Å². The lowest BCUT2D eigenvalue weighted by atomic mass is 9.99. The van der Waals surface area contributed by atoms with Gasteiger partial charge in [0.05, 0.1) is 0 Å². The summed E-state index contributed by atoms with van der Waals surface area (Å²) in [5, 5.41) is 0. The number of hydrogen-bond acceptors (Lipinski definition) is 1. The number of aldehydes is 1. The van der Waals surface area contributed by atoms with Gasteiger partial charge in [-0.15, -0.1) is 0 Å². The molecule has 9 heavy (non-hydrogen) atoms. The zero-order valence-electron chi connectivity index (χ0n) is 5.50. The fraction of sp³-hybridized carbons (Fsp3) is 0.375. The first-order chi connectivity index (χ1) is 4.33. The highest BCUT2D eigenvalue weighted by atomic mass is 16.1. The van der Waals surface area contributed by atoms with E-state index in [1.165, 1.54) is 5.57 Å². The quantitative estimate of drug-likeness (QED) is 0.484. The normalized spacial score (nSPS) is 25.4. The highest BCUT2D eigenvalue weighted by Gasteiger charge is 2.03. The topological polar surface area (TPSA) is 17.1 Å². The smallest absolute Gasteiger partial charge is 0.127 e. The van der Waals surface area contributed by atoms with Crippen molar-refractivity contribution in [2.24, 2.45) is 5.92 Å². The van der Waals surface area contributed by atoms with Crippen LogP contribution in [-0.2, 0) is 4.79 Å². The molecule has 0 saturated heterocycles. The van der Waals surface area contributed by atoms with Gasteiger partial charge in [0.15, 0.2) is 0 Å². The van der Waals surface area contributed by atoms with Crippen LogP contribution in [0, 0.1) is 5.92 Å². The number of carbonyl (C=O) groups excluding carboxylic acids is 1. The van der Waals surface area contributed by atoms with E-state index in [1.54, 1.807) is 0 Å². The average Bonchev–Trinajstić information content (AvgIpc) is 1.90. The zero-order valence-corrected chi connectivity index (χ0v) is 5.50. The molecule has 1 heteroatoms. The number of rotatable bonds is 1. The van der Waals surface area contributed by atoms with Gasteiger partial charge in [-0.2, -0.15) is 0 Å². The molecule has 0 aromatic carbocycles. The third-order valence-electron chi connectivity index (χ3n) is 1.49. The van der Waals surface area contributed by atoms with Gasteiger partial charge in [0, 0.05) is 5.92 Å². The van der Waals surface area contributed by atoms with Crippen molar-refractivity contribution in [1.82, 2.24) is 0 Å². The first-order valence-corrected chi connectivity index (χ1v) is 3.13. The summed E-state index contributed by atoms with van der Waals surface area (Å²) in [6, 6.07) is 0. The highest BCUT2D eigenvalue weighted by molar-refractivity contribution is 5.58. The van der Waals surface area contributed by atoms with Gasteiger partial charge in [-0.1, -0.05) is 23.8 Å². The summed E-state index contributed by atoms with van der Waals surface area (Å²) in [5.74, 6) is 0.133. The lowest BCUT2D eigenvalue weighted by Crippen LogP contribution is -1.98. The van der Waals surface area contributed by atoms with Crippen molar-refractivity contribution < 1.29 is 4.79 Å². The molecule has 0 amide bonds. The van der Waals surface area contributed by atoms with E-state index in [1.807, 2.05) is 19.1 Å². The Labute approximate surface area is 55.1 Å². The molecular formula is C8H10O. The number of allylic oxidation sites excluding steroid dienone is 4. The Bertz CT molecular complexity index is 165. The Morgan fingerprint density at radius 1 is 1.78 bits per heavy atom. The molecule has 0 aliphatic heterocycles. The minimum atomic E-state index is 0.133. The molecule has 1 aliphatic rings. The predicted octanol–water partition coefficient (Wildman–Crippen LogP) is 1.71. The summed E-state index contributed by atoms with van der Waals surface area (Å²) in [6.07, 6.45) is 7.88. The molecule has 48 valence electrons. The van der Waals surface area contributed by atoms with Crippen LogP contribution in [0.2, 0.25) is 0 Å². The van der Waals surface area contributed by atoms with Crippen molar-refractivity contribution in [2.45, 2.75) is 13.3 Å². The van der Waals surface area contributed by atoms with Crippen LogP contribution in [0.3, 0.4) is 0 Å². The lowest BCUT2D eigenvalue weighted by Gasteiger charge is -2.05. The number of carbonyl (C=O) groups is 1. The molecule has 1 rings (SSSR count). The van der Waals surface area contributed by atoms with E-state index in [4.69, 9.17) is 0 Å². The van der Waals surface area contributed by atoms with E-state index >= 15 is 0 Å². The standard InChI is InChI=1S/C8H10O/c1-7-2-4-8(6-9)5-3-7/h2-4,6,8H,5H2,1H3. The summed E-state index contributed by atoms with van der Waals surface area (Å²) >= 11 is 0. The average molecular weight is 122 g/mol. The van der Waals surface area contributed by atoms with Crippen molar-refractivity contribution in [3.05, 3.63) is 23.8 Å². The Balaban J connectivity index is 2.58. The van der Waals surface area contributed by atoms with E-state index in [9.17, 15) is 4.79 Å². The van der Waals surface area contributed by atoms with Gasteiger partial charge in [0.2, 0.25) is 0 Å². The van der Waals surface area contributed by atoms with Crippen molar-refractivity contribution in [3.8, 4) is 0 Å². The van der Waals surface area contributed by atoms with Gasteiger partial charge in [0.25, 0.3) is 0 Å². The zero-order chi connectivity index (χ0) is 6.69. The van der Waals surface area contributed by atoms with Crippen LogP contribution >= 0.6 is 0 Å². The van der Waals surface area contributed by atoms with Crippen LogP contribution in [0.1, 0.15) is 13.3 Å². The Morgan fingerprint density at radius 3 is 3.00 bits per heavy atom. The van der Waals surface area contributed by atoms with Crippen molar-refractivity contribution >= 4 is 6.29 Å². The van der Waals surface area contributed by atoms with Crippen LogP contribution in [-0.4, -0.2) is 6.29 Å². The van der Waals surface area contributed by atoms with Crippen LogP contribution in [0.25, 0.3) is 0 Å². The van der Waals surface area contributed by atoms with Gasteiger partial charge in [0.1, 0.15) is 6.29 Å². The van der Waals surface area contributed by atoms with E-state index in [0.717, 1.165) is 12.7 Å². The van der Waals surface area contributed by atoms with Crippen LogP contribution < -0.4 is 0 Å². The molecule has 0 N–H and O–H groups in total. The first kappa shape index (κ1) is 6.27. The summed E-state index contributed by atoms with van der Waals surface area (Å²) < 4.78 is 0. The first-order valence-electron chi connectivity index (χ1n) is 3.13. The molecule has 0 heterocycles. The number of hydrogen-bond donors (Lipinski definition) is 0. The van der Waals surface area contributed by atoms with E-state index in [-0.39, 0.29) is 5.92 Å². The van der Waals surface area contributed by atoms with Crippen molar-refractivity contribution in [1.29, 1.82) is 0 Å². The minimum absolute atomic E-state index is 0.133. The van der Waals surface area contributed by atoms with Gasteiger partial charge in [-0.3, -0.25) is 0 Å². The molecule has 1 unspecified atom stereocenters. The van der Waals surface area contributed by atoms with Crippen molar-refractivity contribution in [3.63, 3.8) is 0 Å². The molecule has 0 bridgehead atoms. The van der Waals surface area contributed by atoms with Crippen LogP contribution in [0.4, 0.5) is 0 Å². The Morgan fingerprint density at radius 2 is 2.56 bits per heavy atom. The van der Waals surface area contributed by atoms with Gasteiger partial charge >= 0.3 is 0 Å². The predicted molar refractivity (Wildman–Crippen MR) is 37.1 cm³/mol. The second-order valence-electron chi connectivity index (χ2n) is 2.34. The van der Waals surface area contributed by atoms with Crippen molar-refractivity contribution in [2.75, 3.05) is 0 Å². The molecule has 1 aliphatic carbocycles. The SMILES string of the molecule is CC1=CCC(C=O)C=C1. The lowest BCUT2D eigenvalue weighted by molar-refractivity contribution is -0.109. The van der Waals surface area contributed by atoms with Crippen LogP contribution in [0.5, 0.6) is 0 Å². The third-order valence-corrected chi connectivity index (χ3v) is 1.49. The molecule has 0 fully saturated rings. The van der Waals surface area contributed by atoms with E-state index in [2.05, 4.69) is 6.08 Å². The molecule has 1 atom stereocenters. The van der Waals surface area contributed by atoms with E-state index < -0.39 is 0 Å².